The third kappa shape index (κ3) is 39.5. The van der Waals surface area contributed by atoms with E-state index in [4.69, 9.17) is 18.9 Å². The molecule has 0 aromatic rings. The maximum absolute atomic E-state index is 12.3. The summed E-state index contributed by atoms with van der Waals surface area (Å²) in [5.74, 6) is -0.424. The van der Waals surface area contributed by atoms with Gasteiger partial charge in [-0.2, -0.15) is 0 Å². The van der Waals surface area contributed by atoms with Gasteiger partial charge in [0.25, 0.3) is 0 Å². The first kappa shape index (κ1) is 47.9. The Morgan fingerprint density at radius 2 is 0.633 bits per heavy atom. The lowest BCUT2D eigenvalue weighted by Crippen LogP contribution is -2.29. The van der Waals surface area contributed by atoms with E-state index in [-0.39, 0.29) is 31.9 Å². The quantitative estimate of drug-likeness (QED) is 0.0360. The molecule has 0 heterocycles. The molecule has 0 saturated carbocycles. The summed E-state index contributed by atoms with van der Waals surface area (Å²) in [4.78, 5) is 24.5. The minimum atomic E-state index is -0.510. The molecule has 0 amide bonds. The van der Waals surface area contributed by atoms with Crippen molar-refractivity contribution in [2.45, 2.75) is 238 Å². The molecule has 0 aliphatic heterocycles. The predicted octanol–water partition coefficient (Wildman–Crippen LogP) is 13.4. The Morgan fingerprint density at radius 3 is 0.878 bits per heavy atom. The Bertz CT molecular complexity index is 617. The van der Waals surface area contributed by atoms with Gasteiger partial charge in [0.2, 0.25) is 0 Å². The zero-order chi connectivity index (χ0) is 35.7. The van der Waals surface area contributed by atoms with Crippen LogP contribution in [0.5, 0.6) is 0 Å². The van der Waals surface area contributed by atoms with Crippen molar-refractivity contribution in [3.05, 3.63) is 0 Å². The normalized spacial score (nSPS) is 11.4. The van der Waals surface area contributed by atoms with Crippen LogP contribution in [0.1, 0.15) is 232 Å². The summed E-state index contributed by atoms with van der Waals surface area (Å²) < 4.78 is 21.5. The number of ether oxygens (including phenoxy) is 4. The van der Waals surface area contributed by atoms with Crippen LogP contribution in [0.4, 0.5) is 0 Å². The summed E-state index contributed by atoms with van der Waals surface area (Å²) in [6.07, 6.45) is 42.3. The van der Waals surface area contributed by atoms with Crippen molar-refractivity contribution in [1.29, 1.82) is 0 Å². The standard InChI is InChI=1S/C43H84O6/c1-4-6-8-10-12-14-16-18-20-22-24-26-28-30-32-34-36-42(44)47-38-41(49-40-46-3)39-48-43(45)37-35-33-31-29-27-25-23-21-19-17-15-13-11-9-7-5-2/h41H,4-40H2,1-3H3. The van der Waals surface area contributed by atoms with Gasteiger partial charge in [-0.1, -0.05) is 206 Å². The van der Waals surface area contributed by atoms with Crippen LogP contribution in [-0.4, -0.2) is 45.2 Å². The van der Waals surface area contributed by atoms with E-state index in [2.05, 4.69) is 13.8 Å². The van der Waals surface area contributed by atoms with Crippen LogP contribution in [0.3, 0.4) is 0 Å². The first-order valence-corrected chi connectivity index (χ1v) is 21.6. The number of hydrogen-bond acceptors (Lipinski definition) is 6. The van der Waals surface area contributed by atoms with Gasteiger partial charge < -0.3 is 18.9 Å². The zero-order valence-corrected chi connectivity index (χ0v) is 33.2. The average molecular weight is 697 g/mol. The average Bonchev–Trinajstić information content (AvgIpc) is 3.10. The summed E-state index contributed by atoms with van der Waals surface area (Å²) in [7, 11) is 1.55. The number of unbranched alkanes of at least 4 members (excludes halogenated alkanes) is 30. The summed E-state index contributed by atoms with van der Waals surface area (Å²) in [5.41, 5.74) is 0. The molecule has 0 aliphatic rings. The molecule has 0 rings (SSSR count). The molecule has 0 radical (unpaired) electrons. The van der Waals surface area contributed by atoms with Gasteiger partial charge in [0, 0.05) is 20.0 Å². The largest absolute Gasteiger partial charge is 0.463 e. The fraction of sp³-hybridized carbons (Fsp3) is 0.953. The third-order valence-corrected chi connectivity index (χ3v) is 9.75. The van der Waals surface area contributed by atoms with Gasteiger partial charge in [0.05, 0.1) is 0 Å². The maximum atomic E-state index is 12.3. The summed E-state index contributed by atoms with van der Waals surface area (Å²) in [5, 5.41) is 0. The molecule has 6 nitrogen and oxygen atoms in total. The fourth-order valence-corrected chi connectivity index (χ4v) is 6.46. The first-order chi connectivity index (χ1) is 24.1. The smallest absolute Gasteiger partial charge is 0.305 e. The number of methoxy groups -OCH3 is 1. The minimum absolute atomic E-state index is 0.0675. The van der Waals surface area contributed by atoms with Gasteiger partial charge in [0.15, 0.2) is 0 Å². The van der Waals surface area contributed by atoms with Gasteiger partial charge in [-0.25, -0.2) is 0 Å². The lowest BCUT2D eigenvalue weighted by Gasteiger charge is -2.17. The van der Waals surface area contributed by atoms with E-state index in [9.17, 15) is 9.59 Å². The Morgan fingerprint density at radius 1 is 0.388 bits per heavy atom. The second kappa shape index (κ2) is 41.3. The third-order valence-electron chi connectivity index (χ3n) is 9.75. The maximum Gasteiger partial charge on any atom is 0.305 e. The molecule has 0 aromatic heterocycles. The highest BCUT2D eigenvalue weighted by Crippen LogP contribution is 2.16. The number of rotatable bonds is 41. The van der Waals surface area contributed by atoms with Crippen LogP contribution in [0.25, 0.3) is 0 Å². The van der Waals surface area contributed by atoms with Crippen LogP contribution >= 0.6 is 0 Å². The summed E-state index contributed by atoms with van der Waals surface area (Å²) in [6.45, 7) is 4.78. The SMILES string of the molecule is CCCCCCCCCCCCCCCCCCC(=O)OCC(COC(=O)CCCCCCCCCCCCCCCCCC)OCOC. The van der Waals surface area contributed by atoms with Crippen LogP contribution < -0.4 is 0 Å². The van der Waals surface area contributed by atoms with E-state index < -0.39 is 6.10 Å². The Balaban J connectivity index is 3.65. The summed E-state index contributed by atoms with van der Waals surface area (Å²) in [6, 6.07) is 0. The van der Waals surface area contributed by atoms with Gasteiger partial charge in [-0.3, -0.25) is 9.59 Å². The molecule has 0 fully saturated rings. The molecule has 0 aromatic carbocycles. The number of carbonyl (C=O) groups excluding carboxylic acids is 2. The Hall–Kier alpha value is -1.14. The van der Waals surface area contributed by atoms with Crippen LogP contribution in [0, 0.1) is 0 Å². The summed E-state index contributed by atoms with van der Waals surface area (Å²) >= 11 is 0. The fourth-order valence-electron chi connectivity index (χ4n) is 6.46. The second-order valence-electron chi connectivity index (χ2n) is 14.7. The molecule has 0 bridgehead atoms. The number of carbonyl (C=O) groups is 2. The predicted molar refractivity (Wildman–Crippen MR) is 207 cm³/mol. The van der Waals surface area contributed by atoms with Crippen molar-refractivity contribution in [2.75, 3.05) is 27.1 Å². The van der Waals surface area contributed by atoms with Crippen molar-refractivity contribution in [2.24, 2.45) is 0 Å². The highest BCUT2D eigenvalue weighted by atomic mass is 16.7. The lowest BCUT2D eigenvalue weighted by atomic mass is 10.0. The van der Waals surface area contributed by atoms with Gasteiger partial charge in [0.1, 0.15) is 26.1 Å². The molecule has 0 atom stereocenters. The van der Waals surface area contributed by atoms with Crippen LogP contribution in [0.15, 0.2) is 0 Å². The molecule has 49 heavy (non-hydrogen) atoms. The Labute approximate surface area is 305 Å². The zero-order valence-electron chi connectivity index (χ0n) is 33.2. The monoisotopic (exact) mass is 697 g/mol. The van der Waals surface area contributed by atoms with Crippen LogP contribution in [0.2, 0.25) is 0 Å². The first-order valence-electron chi connectivity index (χ1n) is 21.6. The molecule has 0 unspecified atom stereocenters. The van der Waals surface area contributed by atoms with Crippen molar-refractivity contribution in [3.63, 3.8) is 0 Å². The highest BCUT2D eigenvalue weighted by molar-refractivity contribution is 5.69. The van der Waals surface area contributed by atoms with Gasteiger partial charge in [-0.15, -0.1) is 0 Å². The molecule has 0 N–H and O–H groups in total. The molecular weight excluding hydrogens is 612 g/mol. The molecule has 0 spiro atoms. The number of hydrogen-bond donors (Lipinski definition) is 0. The molecular formula is C43H84O6. The van der Waals surface area contributed by atoms with Gasteiger partial charge in [-0.05, 0) is 12.8 Å². The van der Waals surface area contributed by atoms with E-state index >= 15 is 0 Å². The van der Waals surface area contributed by atoms with Crippen molar-refractivity contribution in [3.8, 4) is 0 Å². The second-order valence-corrected chi connectivity index (χ2v) is 14.7. The molecule has 6 heteroatoms. The van der Waals surface area contributed by atoms with E-state index in [1.54, 1.807) is 7.11 Å². The van der Waals surface area contributed by atoms with E-state index in [1.807, 2.05) is 0 Å². The molecule has 292 valence electrons. The van der Waals surface area contributed by atoms with E-state index in [1.165, 1.54) is 180 Å². The van der Waals surface area contributed by atoms with Crippen molar-refractivity contribution < 1.29 is 28.5 Å². The van der Waals surface area contributed by atoms with E-state index in [0.717, 1.165) is 25.7 Å². The molecule has 0 saturated heterocycles. The highest BCUT2D eigenvalue weighted by Gasteiger charge is 2.16. The van der Waals surface area contributed by atoms with Gasteiger partial charge >= 0.3 is 11.9 Å². The Kier molecular flexibility index (Phi) is 40.3. The van der Waals surface area contributed by atoms with Crippen LogP contribution in [-0.2, 0) is 28.5 Å². The lowest BCUT2D eigenvalue weighted by molar-refractivity contribution is -0.162. The van der Waals surface area contributed by atoms with E-state index in [0.29, 0.717) is 12.8 Å². The van der Waals surface area contributed by atoms with Crippen molar-refractivity contribution >= 4 is 11.9 Å². The van der Waals surface area contributed by atoms with Crippen molar-refractivity contribution in [1.82, 2.24) is 0 Å². The molecule has 0 aliphatic carbocycles. The topological polar surface area (TPSA) is 71.1 Å². The number of esters is 2. The minimum Gasteiger partial charge on any atom is -0.463 e.